The van der Waals surface area contributed by atoms with Crippen LogP contribution in [0.1, 0.15) is 47.0 Å². The molecule has 4 nitrogen and oxygen atoms in total. The Morgan fingerprint density at radius 2 is 2.11 bits per heavy atom. The predicted molar refractivity (Wildman–Crippen MR) is 77.7 cm³/mol. The molecule has 0 aromatic rings. The van der Waals surface area contributed by atoms with Crippen LogP contribution in [0.4, 0.5) is 0 Å². The SMILES string of the molecule is COC1CC(NC(=O)C[C@@H](CN)CC(C)C)C1(C)C. The summed E-state index contributed by atoms with van der Waals surface area (Å²) < 4.78 is 5.40. The fourth-order valence-corrected chi connectivity index (χ4v) is 2.98. The maximum atomic E-state index is 12.1. The zero-order valence-electron chi connectivity index (χ0n) is 13.0. The molecule has 2 unspecified atom stereocenters. The zero-order valence-corrected chi connectivity index (χ0v) is 13.0. The summed E-state index contributed by atoms with van der Waals surface area (Å²) in [4.78, 5) is 12.1. The lowest BCUT2D eigenvalue weighted by molar-refractivity contribution is -0.133. The number of amides is 1. The van der Waals surface area contributed by atoms with Gasteiger partial charge in [0.25, 0.3) is 0 Å². The smallest absolute Gasteiger partial charge is 0.220 e. The molecule has 0 spiro atoms. The first kappa shape index (κ1) is 16.4. The first-order valence-corrected chi connectivity index (χ1v) is 7.33. The lowest BCUT2D eigenvalue weighted by Crippen LogP contribution is -2.61. The number of carbonyl (C=O) groups excluding carboxylic acids is 1. The van der Waals surface area contributed by atoms with Gasteiger partial charge in [-0.25, -0.2) is 0 Å². The molecule has 1 saturated carbocycles. The standard InChI is InChI=1S/C15H30N2O2/c1-10(2)6-11(9-16)7-14(18)17-12-8-13(19-5)15(12,3)4/h10-13H,6-9,16H2,1-5H3,(H,17,18)/t11-,12?,13?/m0/s1. The van der Waals surface area contributed by atoms with Crippen molar-refractivity contribution in [2.45, 2.75) is 59.1 Å². The van der Waals surface area contributed by atoms with Crippen molar-refractivity contribution in [3.05, 3.63) is 0 Å². The molecule has 0 saturated heterocycles. The second kappa shape index (κ2) is 6.71. The van der Waals surface area contributed by atoms with Crippen LogP contribution in [0.25, 0.3) is 0 Å². The van der Waals surface area contributed by atoms with E-state index in [-0.39, 0.29) is 23.5 Å². The largest absolute Gasteiger partial charge is 0.381 e. The summed E-state index contributed by atoms with van der Waals surface area (Å²) >= 11 is 0. The minimum atomic E-state index is 0.0284. The van der Waals surface area contributed by atoms with Gasteiger partial charge in [-0.3, -0.25) is 4.79 Å². The van der Waals surface area contributed by atoms with E-state index in [4.69, 9.17) is 10.5 Å². The topological polar surface area (TPSA) is 64.3 Å². The number of nitrogens with two attached hydrogens (primary N) is 1. The molecule has 3 atom stereocenters. The molecule has 0 aromatic carbocycles. The van der Waals surface area contributed by atoms with E-state index in [9.17, 15) is 4.79 Å². The van der Waals surface area contributed by atoms with Crippen molar-refractivity contribution in [2.75, 3.05) is 13.7 Å². The van der Waals surface area contributed by atoms with E-state index in [1.165, 1.54) is 0 Å². The van der Waals surface area contributed by atoms with E-state index in [1.54, 1.807) is 7.11 Å². The van der Waals surface area contributed by atoms with Gasteiger partial charge in [0.2, 0.25) is 5.91 Å². The molecule has 1 aliphatic carbocycles. The Hall–Kier alpha value is -0.610. The second-order valence-electron chi connectivity index (χ2n) is 6.84. The molecule has 0 radical (unpaired) electrons. The van der Waals surface area contributed by atoms with Gasteiger partial charge >= 0.3 is 0 Å². The quantitative estimate of drug-likeness (QED) is 0.743. The number of nitrogens with one attached hydrogen (secondary N) is 1. The van der Waals surface area contributed by atoms with Crippen LogP contribution in [0.3, 0.4) is 0 Å². The molecule has 1 fully saturated rings. The van der Waals surface area contributed by atoms with E-state index >= 15 is 0 Å². The number of rotatable bonds is 7. The molecule has 1 rings (SSSR count). The molecular weight excluding hydrogens is 240 g/mol. The average Bonchev–Trinajstić information content (AvgIpc) is 2.32. The van der Waals surface area contributed by atoms with Crippen molar-refractivity contribution in [3.8, 4) is 0 Å². The van der Waals surface area contributed by atoms with Gasteiger partial charge in [-0.15, -0.1) is 0 Å². The lowest BCUT2D eigenvalue weighted by atomic mass is 9.64. The first-order chi connectivity index (χ1) is 8.81. The summed E-state index contributed by atoms with van der Waals surface area (Å²) in [5.74, 6) is 1.00. The minimum absolute atomic E-state index is 0.0284. The van der Waals surface area contributed by atoms with Gasteiger partial charge in [0, 0.05) is 25.0 Å². The number of carbonyl (C=O) groups is 1. The summed E-state index contributed by atoms with van der Waals surface area (Å²) in [7, 11) is 1.73. The third-order valence-corrected chi connectivity index (χ3v) is 4.41. The van der Waals surface area contributed by atoms with Crippen LogP contribution in [0, 0.1) is 17.3 Å². The van der Waals surface area contributed by atoms with Crippen molar-refractivity contribution >= 4 is 5.91 Å². The normalized spacial score (nSPS) is 26.9. The highest BCUT2D eigenvalue weighted by atomic mass is 16.5. The van der Waals surface area contributed by atoms with Crippen LogP contribution in [0.5, 0.6) is 0 Å². The summed E-state index contributed by atoms with van der Waals surface area (Å²) in [6, 6.07) is 0.224. The Kier molecular flexibility index (Phi) is 5.81. The number of ether oxygens (including phenoxy) is 1. The molecule has 1 aliphatic rings. The zero-order chi connectivity index (χ0) is 14.6. The Morgan fingerprint density at radius 3 is 2.53 bits per heavy atom. The maximum absolute atomic E-state index is 12.1. The van der Waals surface area contributed by atoms with Crippen molar-refractivity contribution in [2.24, 2.45) is 23.0 Å². The highest BCUT2D eigenvalue weighted by molar-refractivity contribution is 5.76. The van der Waals surface area contributed by atoms with E-state index in [0.717, 1.165) is 12.8 Å². The van der Waals surface area contributed by atoms with Crippen molar-refractivity contribution in [3.63, 3.8) is 0 Å². The molecule has 4 heteroatoms. The van der Waals surface area contributed by atoms with Gasteiger partial charge in [-0.2, -0.15) is 0 Å². The number of hydrogen-bond acceptors (Lipinski definition) is 3. The number of hydrogen-bond donors (Lipinski definition) is 2. The third kappa shape index (κ3) is 4.18. The van der Waals surface area contributed by atoms with Crippen molar-refractivity contribution in [1.82, 2.24) is 5.32 Å². The molecule has 3 N–H and O–H groups in total. The van der Waals surface area contributed by atoms with Crippen LogP contribution in [0.2, 0.25) is 0 Å². The van der Waals surface area contributed by atoms with E-state index < -0.39 is 0 Å². The second-order valence-corrected chi connectivity index (χ2v) is 6.84. The van der Waals surface area contributed by atoms with Gasteiger partial charge in [-0.1, -0.05) is 27.7 Å². The number of methoxy groups -OCH3 is 1. The summed E-state index contributed by atoms with van der Waals surface area (Å²) in [5.41, 5.74) is 5.77. The third-order valence-electron chi connectivity index (χ3n) is 4.41. The molecule has 0 heterocycles. The van der Waals surface area contributed by atoms with E-state index in [0.29, 0.717) is 24.8 Å². The van der Waals surface area contributed by atoms with Gasteiger partial charge < -0.3 is 15.8 Å². The average molecular weight is 270 g/mol. The molecule has 0 bridgehead atoms. The summed E-state index contributed by atoms with van der Waals surface area (Å²) in [6.07, 6.45) is 2.71. The maximum Gasteiger partial charge on any atom is 0.220 e. The first-order valence-electron chi connectivity index (χ1n) is 7.33. The molecule has 0 aliphatic heterocycles. The molecule has 112 valence electrons. The minimum Gasteiger partial charge on any atom is -0.381 e. The molecular formula is C15H30N2O2. The van der Waals surface area contributed by atoms with Crippen molar-refractivity contribution < 1.29 is 9.53 Å². The molecule has 1 amide bonds. The van der Waals surface area contributed by atoms with Crippen LogP contribution in [-0.4, -0.2) is 31.7 Å². The predicted octanol–water partition coefficient (Wildman–Crippen LogP) is 1.93. The van der Waals surface area contributed by atoms with Crippen LogP contribution >= 0.6 is 0 Å². The van der Waals surface area contributed by atoms with Gasteiger partial charge in [0.15, 0.2) is 0 Å². The van der Waals surface area contributed by atoms with E-state index in [2.05, 4.69) is 33.0 Å². The van der Waals surface area contributed by atoms with Crippen LogP contribution in [0.15, 0.2) is 0 Å². The molecule has 0 aromatic heterocycles. The van der Waals surface area contributed by atoms with Gasteiger partial charge in [0.1, 0.15) is 0 Å². The van der Waals surface area contributed by atoms with Crippen LogP contribution < -0.4 is 11.1 Å². The van der Waals surface area contributed by atoms with Gasteiger partial charge in [-0.05, 0) is 31.2 Å². The Morgan fingerprint density at radius 1 is 1.47 bits per heavy atom. The van der Waals surface area contributed by atoms with Crippen LogP contribution in [-0.2, 0) is 9.53 Å². The highest BCUT2D eigenvalue weighted by Gasteiger charge is 2.49. The summed E-state index contributed by atoms with van der Waals surface area (Å²) in [6.45, 7) is 9.20. The fourth-order valence-electron chi connectivity index (χ4n) is 2.98. The summed E-state index contributed by atoms with van der Waals surface area (Å²) in [5, 5.41) is 3.13. The highest BCUT2D eigenvalue weighted by Crippen LogP contribution is 2.42. The van der Waals surface area contributed by atoms with Crippen molar-refractivity contribution in [1.29, 1.82) is 0 Å². The molecule has 19 heavy (non-hydrogen) atoms. The Bertz CT molecular complexity index is 303. The Balaban J connectivity index is 2.40. The lowest BCUT2D eigenvalue weighted by Gasteiger charge is -2.51. The Labute approximate surface area is 117 Å². The van der Waals surface area contributed by atoms with E-state index in [1.807, 2.05) is 0 Å². The van der Waals surface area contributed by atoms with Gasteiger partial charge in [0.05, 0.1) is 6.10 Å². The monoisotopic (exact) mass is 270 g/mol. The fraction of sp³-hybridized carbons (Fsp3) is 0.933.